The van der Waals surface area contributed by atoms with Crippen molar-refractivity contribution in [3.63, 3.8) is 0 Å². The average Bonchev–Trinajstić information content (AvgIpc) is 1.87. The van der Waals surface area contributed by atoms with E-state index in [1.807, 2.05) is 13.8 Å². The molecule has 0 rings (SSSR count). The number of hydrogen-bond acceptors (Lipinski definition) is 1. The van der Waals surface area contributed by atoms with Crippen molar-refractivity contribution in [3.05, 3.63) is 0 Å². The topological polar surface area (TPSA) is 88.8 Å². The van der Waals surface area contributed by atoms with E-state index in [2.05, 4.69) is 15.3 Å². The fourth-order valence-corrected chi connectivity index (χ4v) is 0.561. The third kappa shape index (κ3) is 5.20. The van der Waals surface area contributed by atoms with Crippen LogP contribution in [-0.2, 0) is 0 Å². The van der Waals surface area contributed by atoms with E-state index in [4.69, 9.17) is 11.5 Å². The van der Waals surface area contributed by atoms with Crippen LogP contribution >= 0.6 is 0 Å². The molecular weight excluding hydrogens is 142 g/mol. The molecule has 0 unspecified atom stereocenters. The van der Waals surface area contributed by atoms with Gasteiger partial charge in [0.25, 0.3) is 0 Å². The van der Waals surface area contributed by atoms with Crippen molar-refractivity contribution < 1.29 is 0 Å². The zero-order chi connectivity index (χ0) is 8.69. The van der Waals surface area contributed by atoms with Gasteiger partial charge >= 0.3 is 0 Å². The summed E-state index contributed by atoms with van der Waals surface area (Å²) in [5, 5.41) is 2.92. The van der Waals surface area contributed by atoms with Crippen molar-refractivity contribution in [1.29, 1.82) is 0 Å². The Morgan fingerprint density at radius 1 is 1.36 bits per heavy atom. The van der Waals surface area contributed by atoms with Crippen molar-refractivity contribution in [2.75, 3.05) is 13.1 Å². The summed E-state index contributed by atoms with van der Waals surface area (Å²) >= 11 is 0. The van der Waals surface area contributed by atoms with Gasteiger partial charge in [0.1, 0.15) is 0 Å². The Bertz CT molecular complexity index is 156. The van der Waals surface area contributed by atoms with E-state index in [0.717, 1.165) is 6.54 Å². The monoisotopic (exact) mass is 157 g/mol. The van der Waals surface area contributed by atoms with Crippen LogP contribution in [0.25, 0.3) is 0 Å². The SMILES string of the molecule is CCN=C(N=C(N)N)NCC. The Morgan fingerprint density at radius 3 is 2.36 bits per heavy atom. The summed E-state index contributed by atoms with van der Waals surface area (Å²) in [4.78, 5) is 7.78. The molecule has 0 aromatic heterocycles. The minimum Gasteiger partial charge on any atom is -0.370 e. The van der Waals surface area contributed by atoms with Gasteiger partial charge in [0.2, 0.25) is 5.96 Å². The van der Waals surface area contributed by atoms with E-state index in [0.29, 0.717) is 12.5 Å². The summed E-state index contributed by atoms with van der Waals surface area (Å²) in [6, 6.07) is 0. The molecule has 0 bridgehead atoms. The lowest BCUT2D eigenvalue weighted by molar-refractivity contribution is 0.934. The second-order valence-corrected chi connectivity index (χ2v) is 1.86. The fourth-order valence-electron chi connectivity index (χ4n) is 0.561. The summed E-state index contributed by atoms with van der Waals surface area (Å²) in [6.07, 6.45) is 0. The van der Waals surface area contributed by atoms with E-state index < -0.39 is 0 Å². The van der Waals surface area contributed by atoms with Gasteiger partial charge in [0.15, 0.2) is 5.96 Å². The summed E-state index contributed by atoms with van der Waals surface area (Å²) < 4.78 is 0. The largest absolute Gasteiger partial charge is 0.370 e. The first-order valence-corrected chi connectivity index (χ1v) is 3.58. The van der Waals surface area contributed by atoms with Gasteiger partial charge in [-0.05, 0) is 13.8 Å². The number of guanidine groups is 2. The molecule has 0 atom stereocenters. The molecule has 0 fully saturated rings. The molecule has 0 aliphatic rings. The zero-order valence-electron chi connectivity index (χ0n) is 6.96. The molecule has 0 saturated carbocycles. The number of nitrogens with one attached hydrogen (secondary N) is 1. The molecule has 5 nitrogen and oxygen atoms in total. The standard InChI is InChI=1S/C6H15N5/c1-3-9-6(10-4-2)11-5(7)8/h3-4H2,1-2H3,(H5,7,8,9,10,11). The van der Waals surface area contributed by atoms with Gasteiger partial charge in [-0.3, -0.25) is 4.99 Å². The van der Waals surface area contributed by atoms with Crippen molar-refractivity contribution in [1.82, 2.24) is 5.32 Å². The van der Waals surface area contributed by atoms with E-state index >= 15 is 0 Å². The molecule has 0 radical (unpaired) electrons. The molecule has 0 heterocycles. The van der Waals surface area contributed by atoms with Crippen LogP contribution in [0.15, 0.2) is 9.98 Å². The second-order valence-electron chi connectivity index (χ2n) is 1.86. The lowest BCUT2D eigenvalue weighted by atomic mass is 10.7. The van der Waals surface area contributed by atoms with Gasteiger partial charge < -0.3 is 16.8 Å². The molecule has 5 N–H and O–H groups in total. The van der Waals surface area contributed by atoms with Crippen LogP contribution in [0.5, 0.6) is 0 Å². The van der Waals surface area contributed by atoms with Crippen LogP contribution in [0.4, 0.5) is 0 Å². The van der Waals surface area contributed by atoms with Crippen LogP contribution in [0.2, 0.25) is 0 Å². The summed E-state index contributed by atoms with van der Waals surface area (Å²) in [6.45, 7) is 5.29. The number of hydrogen-bond donors (Lipinski definition) is 3. The molecule has 64 valence electrons. The quantitative estimate of drug-likeness (QED) is 0.364. The summed E-state index contributed by atoms with van der Waals surface area (Å²) in [5.74, 6) is 0.521. The normalized spacial score (nSPS) is 10.9. The van der Waals surface area contributed by atoms with E-state index in [1.165, 1.54) is 0 Å². The second kappa shape index (κ2) is 5.52. The summed E-state index contributed by atoms with van der Waals surface area (Å²) in [5.41, 5.74) is 10.3. The lowest BCUT2D eigenvalue weighted by Crippen LogP contribution is -2.29. The van der Waals surface area contributed by atoms with Crippen molar-refractivity contribution >= 4 is 11.9 Å². The first-order valence-electron chi connectivity index (χ1n) is 3.58. The van der Waals surface area contributed by atoms with Gasteiger partial charge in [0.05, 0.1) is 0 Å². The molecule has 0 aliphatic heterocycles. The smallest absolute Gasteiger partial charge is 0.221 e. The fraction of sp³-hybridized carbons (Fsp3) is 0.667. The van der Waals surface area contributed by atoms with Crippen molar-refractivity contribution in [2.45, 2.75) is 13.8 Å². The lowest BCUT2D eigenvalue weighted by Gasteiger charge is -2.00. The Morgan fingerprint density at radius 2 is 2.00 bits per heavy atom. The highest BCUT2D eigenvalue weighted by molar-refractivity contribution is 5.93. The van der Waals surface area contributed by atoms with Gasteiger partial charge in [-0.15, -0.1) is 0 Å². The minimum atomic E-state index is 0.0261. The van der Waals surface area contributed by atoms with Crippen LogP contribution in [0.1, 0.15) is 13.8 Å². The maximum absolute atomic E-state index is 5.16. The van der Waals surface area contributed by atoms with E-state index in [9.17, 15) is 0 Å². The molecule has 0 amide bonds. The molecule has 5 heteroatoms. The molecule has 0 aliphatic carbocycles. The first kappa shape index (κ1) is 9.74. The number of nitrogens with two attached hydrogens (primary N) is 2. The minimum absolute atomic E-state index is 0.0261. The van der Waals surface area contributed by atoms with Crippen LogP contribution < -0.4 is 16.8 Å². The summed E-state index contributed by atoms with van der Waals surface area (Å²) in [7, 11) is 0. The maximum atomic E-state index is 5.16. The van der Waals surface area contributed by atoms with Crippen molar-refractivity contribution in [3.8, 4) is 0 Å². The third-order valence-corrected chi connectivity index (χ3v) is 0.878. The Balaban J connectivity index is 4.11. The Kier molecular flexibility index (Phi) is 4.89. The average molecular weight is 157 g/mol. The maximum Gasteiger partial charge on any atom is 0.221 e. The number of rotatable bonds is 2. The van der Waals surface area contributed by atoms with Crippen LogP contribution in [-0.4, -0.2) is 25.0 Å². The van der Waals surface area contributed by atoms with Gasteiger partial charge in [-0.25, -0.2) is 0 Å². The van der Waals surface area contributed by atoms with E-state index in [-0.39, 0.29) is 5.96 Å². The molecule has 11 heavy (non-hydrogen) atoms. The predicted octanol–water partition coefficient (Wildman–Crippen LogP) is -0.755. The number of nitrogens with zero attached hydrogens (tertiary/aromatic N) is 2. The Hall–Kier alpha value is -1.26. The Labute approximate surface area is 66.6 Å². The van der Waals surface area contributed by atoms with Gasteiger partial charge in [0, 0.05) is 13.1 Å². The van der Waals surface area contributed by atoms with Gasteiger partial charge in [-0.2, -0.15) is 4.99 Å². The zero-order valence-corrected chi connectivity index (χ0v) is 6.96. The highest BCUT2D eigenvalue weighted by Crippen LogP contribution is 1.76. The molecule has 0 aromatic carbocycles. The third-order valence-electron chi connectivity index (χ3n) is 0.878. The number of aliphatic imine (C=N–C) groups is 2. The van der Waals surface area contributed by atoms with Crippen molar-refractivity contribution in [2.24, 2.45) is 21.5 Å². The predicted molar refractivity (Wildman–Crippen MR) is 47.5 cm³/mol. The molecular formula is C6H15N5. The van der Waals surface area contributed by atoms with E-state index in [1.54, 1.807) is 0 Å². The highest BCUT2D eigenvalue weighted by atomic mass is 15.2. The van der Waals surface area contributed by atoms with Gasteiger partial charge in [-0.1, -0.05) is 0 Å². The highest BCUT2D eigenvalue weighted by Gasteiger charge is 1.91. The van der Waals surface area contributed by atoms with Crippen LogP contribution in [0.3, 0.4) is 0 Å². The van der Waals surface area contributed by atoms with Crippen LogP contribution in [0, 0.1) is 0 Å². The molecule has 0 aromatic rings. The molecule has 0 saturated heterocycles. The first-order chi connectivity index (χ1) is 5.20. The molecule has 0 spiro atoms.